The number of nitrogens with one attached hydrogen (secondary N) is 2. The molecule has 1 aromatic carbocycles. The minimum Gasteiger partial charge on any atom is -0.355 e. The molecular formula is C13H19Cl3N2OS. The third-order valence-corrected chi connectivity index (χ3v) is 4.31. The highest BCUT2D eigenvalue weighted by Crippen LogP contribution is 2.32. The molecule has 0 radical (unpaired) electrons. The highest BCUT2D eigenvalue weighted by Gasteiger charge is 2.15. The van der Waals surface area contributed by atoms with Crippen molar-refractivity contribution >= 4 is 53.3 Å². The first kappa shape index (κ1) is 19.9. The summed E-state index contributed by atoms with van der Waals surface area (Å²) in [6, 6.07) is 5.25. The molecule has 0 aliphatic rings. The molecule has 1 amide bonds. The molecule has 0 fully saturated rings. The van der Waals surface area contributed by atoms with Gasteiger partial charge in [-0.15, -0.1) is 24.2 Å². The maximum absolute atomic E-state index is 11.9. The van der Waals surface area contributed by atoms with Crippen LogP contribution in [-0.2, 0) is 4.79 Å². The summed E-state index contributed by atoms with van der Waals surface area (Å²) < 4.78 is 0. The lowest BCUT2D eigenvalue weighted by Gasteiger charge is -2.13. The van der Waals surface area contributed by atoms with Crippen LogP contribution in [0.1, 0.15) is 13.3 Å². The van der Waals surface area contributed by atoms with Crippen LogP contribution in [0.25, 0.3) is 0 Å². The zero-order chi connectivity index (χ0) is 14.3. The number of benzene rings is 1. The summed E-state index contributed by atoms with van der Waals surface area (Å²) in [4.78, 5) is 12.7. The molecule has 0 bridgehead atoms. The summed E-state index contributed by atoms with van der Waals surface area (Å²) in [6.45, 7) is 3.42. The second-order valence-corrected chi connectivity index (χ2v) is 6.31. The van der Waals surface area contributed by atoms with Gasteiger partial charge in [0.15, 0.2) is 0 Å². The summed E-state index contributed by atoms with van der Waals surface area (Å²) in [6.07, 6.45) is 0.914. The minimum atomic E-state index is -0.203. The van der Waals surface area contributed by atoms with E-state index >= 15 is 0 Å². The van der Waals surface area contributed by atoms with Crippen molar-refractivity contribution in [3.05, 3.63) is 28.2 Å². The van der Waals surface area contributed by atoms with Gasteiger partial charge in [-0.25, -0.2) is 0 Å². The van der Waals surface area contributed by atoms with Crippen molar-refractivity contribution in [1.29, 1.82) is 0 Å². The monoisotopic (exact) mass is 356 g/mol. The zero-order valence-corrected chi connectivity index (χ0v) is 14.6. The van der Waals surface area contributed by atoms with Gasteiger partial charge in [0.1, 0.15) is 0 Å². The van der Waals surface area contributed by atoms with Crippen molar-refractivity contribution in [1.82, 2.24) is 10.6 Å². The number of carbonyl (C=O) groups excluding carboxylic acids is 1. The van der Waals surface area contributed by atoms with Crippen LogP contribution in [0, 0.1) is 0 Å². The van der Waals surface area contributed by atoms with E-state index in [0.717, 1.165) is 17.9 Å². The number of carbonyl (C=O) groups is 1. The van der Waals surface area contributed by atoms with Crippen LogP contribution < -0.4 is 10.6 Å². The van der Waals surface area contributed by atoms with Gasteiger partial charge >= 0.3 is 0 Å². The fourth-order valence-electron chi connectivity index (χ4n) is 1.43. The number of halogens is 3. The van der Waals surface area contributed by atoms with E-state index in [1.165, 1.54) is 11.8 Å². The first-order valence-electron chi connectivity index (χ1n) is 6.08. The Bertz CT molecular complexity index is 432. The summed E-state index contributed by atoms with van der Waals surface area (Å²) >= 11 is 13.4. The van der Waals surface area contributed by atoms with Crippen LogP contribution in [0.4, 0.5) is 0 Å². The molecule has 2 N–H and O–H groups in total. The topological polar surface area (TPSA) is 41.1 Å². The van der Waals surface area contributed by atoms with E-state index in [0.29, 0.717) is 16.6 Å². The van der Waals surface area contributed by atoms with Crippen molar-refractivity contribution < 1.29 is 4.79 Å². The van der Waals surface area contributed by atoms with Crippen LogP contribution in [0.2, 0.25) is 10.0 Å². The zero-order valence-electron chi connectivity index (χ0n) is 11.4. The summed E-state index contributed by atoms with van der Waals surface area (Å²) in [7, 11) is 1.89. The van der Waals surface area contributed by atoms with Gasteiger partial charge in [-0.1, -0.05) is 23.2 Å². The smallest absolute Gasteiger partial charge is 0.233 e. The van der Waals surface area contributed by atoms with E-state index in [9.17, 15) is 4.79 Å². The Balaban J connectivity index is 0.00000361. The predicted molar refractivity (Wildman–Crippen MR) is 90.6 cm³/mol. The number of hydrogen-bond acceptors (Lipinski definition) is 3. The number of rotatable bonds is 7. The van der Waals surface area contributed by atoms with Crippen LogP contribution in [0.5, 0.6) is 0 Å². The Morgan fingerprint density at radius 1 is 1.35 bits per heavy atom. The van der Waals surface area contributed by atoms with E-state index in [1.54, 1.807) is 18.2 Å². The molecule has 1 rings (SSSR count). The quantitative estimate of drug-likeness (QED) is 0.578. The molecule has 0 saturated carbocycles. The molecule has 114 valence electrons. The lowest BCUT2D eigenvalue weighted by atomic mass is 10.4. The maximum atomic E-state index is 11.9. The van der Waals surface area contributed by atoms with Crippen molar-refractivity contribution in [2.45, 2.75) is 23.5 Å². The second kappa shape index (κ2) is 10.6. The van der Waals surface area contributed by atoms with Gasteiger partial charge in [-0.2, -0.15) is 0 Å². The molecule has 0 spiro atoms. The van der Waals surface area contributed by atoms with E-state index in [2.05, 4.69) is 10.6 Å². The molecule has 0 saturated heterocycles. The average Bonchev–Trinajstić information content (AvgIpc) is 2.38. The Kier molecular flexibility index (Phi) is 10.5. The van der Waals surface area contributed by atoms with Gasteiger partial charge in [-0.3, -0.25) is 4.79 Å². The Morgan fingerprint density at radius 2 is 2.05 bits per heavy atom. The maximum Gasteiger partial charge on any atom is 0.233 e. The molecule has 0 heterocycles. The van der Waals surface area contributed by atoms with Crippen molar-refractivity contribution in [3.8, 4) is 0 Å². The van der Waals surface area contributed by atoms with Crippen LogP contribution in [0.15, 0.2) is 23.1 Å². The highest BCUT2D eigenvalue weighted by atomic mass is 35.5. The lowest BCUT2D eigenvalue weighted by molar-refractivity contribution is -0.120. The molecular weight excluding hydrogens is 339 g/mol. The van der Waals surface area contributed by atoms with Gasteiger partial charge in [0.2, 0.25) is 5.91 Å². The van der Waals surface area contributed by atoms with Gasteiger partial charge in [-0.05, 0) is 45.1 Å². The highest BCUT2D eigenvalue weighted by molar-refractivity contribution is 8.00. The summed E-state index contributed by atoms with van der Waals surface area (Å²) in [5, 5.41) is 6.96. The number of thioether (sulfide) groups is 1. The lowest BCUT2D eigenvalue weighted by Crippen LogP contribution is -2.32. The van der Waals surface area contributed by atoms with Crippen molar-refractivity contribution in [2.75, 3.05) is 20.1 Å². The van der Waals surface area contributed by atoms with E-state index < -0.39 is 0 Å². The fraction of sp³-hybridized carbons (Fsp3) is 0.462. The molecule has 0 aromatic heterocycles. The number of amides is 1. The third kappa shape index (κ3) is 7.04. The van der Waals surface area contributed by atoms with Gasteiger partial charge in [0.25, 0.3) is 0 Å². The van der Waals surface area contributed by atoms with Crippen LogP contribution in [-0.4, -0.2) is 31.3 Å². The average molecular weight is 358 g/mol. The standard InChI is InChI=1S/C13H18Cl2N2OS.ClH/c1-9(13(18)17-7-3-6-16-2)19-12-8-10(14)4-5-11(12)15;/h4-5,8-9,16H,3,6-7H2,1-2H3,(H,17,18);1H. The van der Waals surface area contributed by atoms with E-state index in [1.807, 2.05) is 14.0 Å². The largest absolute Gasteiger partial charge is 0.355 e. The van der Waals surface area contributed by atoms with Gasteiger partial charge in [0.05, 0.1) is 10.3 Å². The molecule has 1 atom stereocenters. The Hall–Kier alpha value is -0.130. The Morgan fingerprint density at radius 3 is 2.70 bits per heavy atom. The molecule has 0 aliphatic carbocycles. The SMILES string of the molecule is CNCCCNC(=O)C(C)Sc1cc(Cl)ccc1Cl.Cl. The fourth-order valence-corrected chi connectivity index (χ4v) is 2.87. The van der Waals surface area contributed by atoms with Crippen molar-refractivity contribution in [2.24, 2.45) is 0 Å². The molecule has 1 aromatic rings. The van der Waals surface area contributed by atoms with Crippen molar-refractivity contribution in [3.63, 3.8) is 0 Å². The molecule has 0 aliphatic heterocycles. The van der Waals surface area contributed by atoms with Gasteiger partial charge in [0, 0.05) is 16.5 Å². The third-order valence-electron chi connectivity index (χ3n) is 2.47. The predicted octanol–water partition coefficient (Wildman–Crippen LogP) is 3.62. The van der Waals surface area contributed by atoms with Gasteiger partial charge < -0.3 is 10.6 Å². The van der Waals surface area contributed by atoms with E-state index in [-0.39, 0.29) is 23.6 Å². The normalized spacial score (nSPS) is 11.6. The Labute approximate surface area is 140 Å². The van der Waals surface area contributed by atoms with Crippen LogP contribution >= 0.6 is 47.4 Å². The first-order chi connectivity index (χ1) is 9.04. The molecule has 20 heavy (non-hydrogen) atoms. The first-order valence-corrected chi connectivity index (χ1v) is 7.72. The summed E-state index contributed by atoms with van der Waals surface area (Å²) in [5.41, 5.74) is 0. The second-order valence-electron chi connectivity index (χ2n) is 4.08. The molecule has 3 nitrogen and oxygen atoms in total. The van der Waals surface area contributed by atoms with E-state index in [4.69, 9.17) is 23.2 Å². The summed E-state index contributed by atoms with van der Waals surface area (Å²) in [5.74, 6) is 0.0112. The molecule has 1 unspecified atom stereocenters. The molecule has 7 heteroatoms. The number of hydrogen-bond donors (Lipinski definition) is 2. The van der Waals surface area contributed by atoms with Crippen LogP contribution in [0.3, 0.4) is 0 Å². The minimum absolute atomic E-state index is 0.